The molecule has 0 saturated carbocycles. The largest absolute Gasteiger partial charge is 0.348 e. The number of amides is 3. The maximum Gasteiger partial charge on any atom is 0.317 e. The number of rotatable bonds is 6. The van der Waals surface area contributed by atoms with Crippen LogP contribution in [0.4, 0.5) is 4.79 Å². The van der Waals surface area contributed by atoms with Crippen LogP contribution in [0.15, 0.2) is 42.6 Å². The van der Waals surface area contributed by atoms with Crippen molar-refractivity contribution in [3.05, 3.63) is 59.4 Å². The number of aryl methyl sites for hydroxylation is 1. The van der Waals surface area contributed by atoms with Crippen molar-refractivity contribution in [2.45, 2.75) is 39.8 Å². The number of nitrogens with zero attached hydrogens (tertiary/aromatic N) is 3. The van der Waals surface area contributed by atoms with Crippen molar-refractivity contribution in [1.82, 2.24) is 19.7 Å². The number of aromatic nitrogens is 1. The molecule has 0 saturated heterocycles. The molecule has 1 aliphatic heterocycles. The maximum atomic E-state index is 13.3. The standard InChI is InChI=1S/C22H30N4O2/c1-4-12-23-22(28)24(5-2)16-20(27)26-15-14-25-13-8-11-19(25)21(26)18-10-7-6-9-17(18)3/h6-11,13,21H,4-5,12,14-16H2,1-3H3,(H,23,28)/t21-/m0/s1. The van der Waals surface area contributed by atoms with E-state index in [0.29, 0.717) is 19.6 Å². The Labute approximate surface area is 167 Å². The number of hydrogen-bond donors (Lipinski definition) is 1. The molecule has 6 heteroatoms. The van der Waals surface area contributed by atoms with Gasteiger partial charge in [0.25, 0.3) is 0 Å². The first-order valence-electron chi connectivity index (χ1n) is 10.1. The summed E-state index contributed by atoms with van der Waals surface area (Å²) < 4.78 is 2.21. The molecule has 1 aromatic heterocycles. The third-order valence-corrected chi connectivity index (χ3v) is 5.36. The van der Waals surface area contributed by atoms with Crippen molar-refractivity contribution in [2.24, 2.45) is 0 Å². The van der Waals surface area contributed by atoms with E-state index in [1.54, 1.807) is 4.90 Å². The van der Waals surface area contributed by atoms with E-state index in [2.05, 4.69) is 41.2 Å². The van der Waals surface area contributed by atoms with Gasteiger partial charge in [0.15, 0.2) is 0 Å². The molecule has 3 amide bonds. The van der Waals surface area contributed by atoms with Crippen molar-refractivity contribution in [3.63, 3.8) is 0 Å². The Hall–Kier alpha value is -2.76. The van der Waals surface area contributed by atoms with Crippen molar-refractivity contribution < 1.29 is 9.59 Å². The minimum absolute atomic E-state index is 0.0193. The fourth-order valence-corrected chi connectivity index (χ4v) is 3.80. The molecule has 1 aromatic carbocycles. The predicted molar refractivity (Wildman–Crippen MR) is 110 cm³/mol. The van der Waals surface area contributed by atoms with Gasteiger partial charge in [-0.15, -0.1) is 0 Å². The number of benzene rings is 1. The summed E-state index contributed by atoms with van der Waals surface area (Å²) in [4.78, 5) is 29.1. The summed E-state index contributed by atoms with van der Waals surface area (Å²) in [6, 6.07) is 12.0. The highest BCUT2D eigenvalue weighted by Crippen LogP contribution is 2.34. The average Bonchev–Trinajstić information content (AvgIpc) is 3.18. The molecule has 28 heavy (non-hydrogen) atoms. The fourth-order valence-electron chi connectivity index (χ4n) is 3.80. The van der Waals surface area contributed by atoms with Crippen LogP contribution in [0.1, 0.15) is 43.1 Å². The minimum Gasteiger partial charge on any atom is -0.348 e. The minimum atomic E-state index is -0.175. The summed E-state index contributed by atoms with van der Waals surface area (Å²) in [5.74, 6) is -0.0193. The van der Waals surface area contributed by atoms with Gasteiger partial charge >= 0.3 is 6.03 Å². The molecule has 3 rings (SSSR count). The van der Waals surface area contributed by atoms with Crippen molar-refractivity contribution in [1.29, 1.82) is 0 Å². The van der Waals surface area contributed by atoms with Crippen LogP contribution in [0.25, 0.3) is 0 Å². The smallest absolute Gasteiger partial charge is 0.317 e. The first-order valence-corrected chi connectivity index (χ1v) is 10.1. The van der Waals surface area contributed by atoms with E-state index in [1.165, 1.54) is 0 Å². The summed E-state index contributed by atoms with van der Waals surface area (Å²) in [6.07, 6.45) is 2.94. The Morgan fingerprint density at radius 3 is 2.64 bits per heavy atom. The van der Waals surface area contributed by atoms with Crippen molar-refractivity contribution in [3.8, 4) is 0 Å². The van der Waals surface area contributed by atoms with Crippen LogP contribution in [-0.2, 0) is 11.3 Å². The van der Waals surface area contributed by atoms with Crippen LogP contribution < -0.4 is 5.32 Å². The zero-order chi connectivity index (χ0) is 20.1. The maximum absolute atomic E-state index is 13.3. The molecule has 0 spiro atoms. The lowest BCUT2D eigenvalue weighted by Gasteiger charge is -2.39. The summed E-state index contributed by atoms with van der Waals surface area (Å²) in [6.45, 7) is 8.60. The molecule has 2 aromatic rings. The zero-order valence-corrected chi connectivity index (χ0v) is 17.0. The van der Waals surface area contributed by atoms with Gasteiger partial charge < -0.3 is 19.7 Å². The molecule has 1 N–H and O–H groups in total. The number of urea groups is 1. The molecular formula is C22H30N4O2. The fraction of sp³-hybridized carbons (Fsp3) is 0.455. The lowest BCUT2D eigenvalue weighted by Crippen LogP contribution is -2.50. The molecule has 1 atom stereocenters. The zero-order valence-electron chi connectivity index (χ0n) is 17.0. The monoisotopic (exact) mass is 382 g/mol. The second kappa shape index (κ2) is 8.95. The Morgan fingerprint density at radius 2 is 1.93 bits per heavy atom. The van der Waals surface area contributed by atoms with Crippen molar-refractivity contribution in [2.75, 3.05) is 26.2 Å². The van der Waals surface area contributed by atoms with Gasteiger partial charge in [0, 0.05) is 38.1 Å². The Balaban J connectivity index is 1.86. The molecule has 6 nitrogen and oxygen atoms in total. The topological polar surface area (TPSA) is 57.6 Å². The van der Waals surface area contributed by atoms with Gasteiger partial charge in [-0.05, 0) is 43.5 Å². The van der Waals surface area contributed by atoms with E-state index in [-0.39, 0.29) is 24.5 Å². The van der Waals surface area contributed by atoms with E-state index >= 15 is 0 Å². The van der Waals surface area contributed by atoms with Gasteiger partial charge in [0.1, 0.15) is 6.54 Å². The molecule has 0 unspecified atom stereocenters. The van der Waals surface area contributed by atoms with Crippen molar-refractivity contribution >= 4 is 11.9 Å². The van der Waals surface area contributed by atoms with Crippen LogP contribution in [0.2, 0.25) is 0 Å². The molecule has 0 aliphatic carbocycles. The van der Waals surface area contributed by atoms with Crippen LogP contribution in [0.5, 0.6) is 0 Å². The second-order valence-corrected chi connectivity index (χ2v) is 7.22. The first-order chi connectivity index (χ1) is 13.6. The number of likely N-dealkylation sites (N-methyl/N-ethyl adjacent to an activating group) is 1. The SMILES string of the molecule is CCCNC(=O)N(CC)CC(=O)N1CCn2cccc2[C@@H]1c1ccccc1C. The molecule has 0 bridgehead atoms. The van der Waals surface area contributed by atoms with Gasteiger partial charge in [0.05, 0.1) is 6.04 Å². The lowest BCUT2D eigenvalue weighted by molar-refractivity contribution is -0.134. The number of nitrogens with one attached hydrogen (secondary N) is 1. The Kier molecular flexibility index (Phi) is 6.39. The van der Waals surface area contributed by atoms with E-state index < -0.39 is 0 Å². The predicted octanol–water partition coefficient (Wildman–Crippen LogP) is 3.17. The number of fused-ring (bicyclic) bond motifs is 1. The van der Waals surface area contributed by atoms with Crippen LogP contribution >= 0.6 is 0 Å². The molecule has 1 aliphatic rings. The van der Waals surface area contributed by atoms with Gasteiger partial charge in [-0.1, -0.05) is 31.2 Å². The summed E-state index contributed by atoms with van der Waals surface area (Å²) >= 11 is 0. The number of carbonyl (C=O) groups excluding carboxylic acids is 2. The third kappa shape index (κ3) is 4.06. The summed E-state index contributed by atoms with van der Waals surface area (Å²) in [5.41, 5.74) is 3.41. The Bertz CT molecular complexity index is 829. The Morgan fingerprint density at radius 1 is 1.14 bits per heavy atom. The van der Waals surface area contributed by atoms with Gasteiger partial charge in [-0.2, -0.15) is 0 Å². The quantitative estimate of drug-likeness (QED) is 0.834. The lowest BCUT2D eigenvalue weighted by atomic mass is 9.95. The molecule has 0 radical (unpaired) electrons. The van der Waals surface area contributed by atoms with Gasteiger partial charge in [-0.3, -0.25) is 4.79 Å². The van der Waals surface area contributed by atoms with E-state index in [9.17, 15) is 9.59 Å². The number of carbonyl (C=O) groups is 2. The molecule has 150 valence electrons. The molecular weight excluding hydrogens is 352 g/mol. The van der Waals surface area contributed by atoms with Crippen LogP contribution in [0.3, 0.4) is 0 Å². The highest BCUT2D eigenvalue weighted by Gasteiger charge is 2.33. The van der Waals surface area contributed by atoms with Gasteiger partial charge in [0.2, 0.25) is 5.91 Å². The van der Waals surface area contributed by atoms with Crippen LogP contribution in [0, 0.1) is 6.92 Å². The first kappa shape index (κ1) is 20.0. The third-order valence-electron chi connectivity index (χ3n) is 5.36. The van der Waals surface area contributed by atoms with Crippen LogP contribution in [-0.4, -0.2) is 52.5 Å². The normalized spacial score (nSPS) is 15.8. The van der Waals surface area contributed by atoms with E-state index in [1.807, 2.05) is 36.9 Å². The second-order valence-electron chi connectivity index (χ2n) is 7.22. The van der Waals surface area contributed by atoms with Gasteiger partial charge in [-0.25, -0.2) is 4.79 Å². The number of hydrogen-bond acceptors (Lipinski definition) is 2. The highest BCUT2D eigenvalue weighted by atomic mass is 16.2. The van der Waals surface area contributed by atoms with E-state index in [4.69, 9.17) is 0 Å². The highest BCUT2D eigenvalue weighted by molar-refractivity contribution is 5.84. The summed E-state index contributed by atoms with van der Waals surface area (Å²) in [7, 11) is 0. The average molecular weight is 383 g/mol. The molecule has 0 fully saturated rings. The summed E-state index contributed by atoms with van der Waals surface area (Å²) in [5, 5.41) is 2.87. The van der Waals surface area contributed by atoms with E-state index in [0.717, 1.165) is 29.8 Å². The molecule has 2 heterocycles.